The van der Waals surface area contributed by atoms with Crippen LogP contribution in [0.25, 0.3) is 0 Å². The summed E-state index contributed by atoms with van der Waals surface area (Å²) in [7, 11) is 0. The molecule has 0 atom stereocenters. The number of aliphatic hydroxyl groups excluding tert-OH is 1. The second-order valence-corrected chi connectivity index (χ2v) is 4.02. The number of hydrogen-bond donors (Lipinski definition) is 1. The third kappa shape index (κ3) is 3.02. The number of aliphatic hydroxyl groups is 1. The van der Waals surface area contributed by atoms with Crippen LogP contribution in [0.1, 0.15) is 5.56 Å². The summed E-state index contributed by atoms with van der Waals surface area (Å²) >= 11 is 0. The fraction of sp³-hybridized carbons (Fsp3) is 0.500. The Hall–Kier alpha value is -0.900. The molecule has 0 aliphatic carbocycles. The molecule has 0 saturated carbocycles. The minimum Gasteiger partial charge on any atom is -0.395 e. The van der Waals surface area contributed by atoms with Crippen LogP contribution in [-0.2, 0) is 6.54 Å². The van der Waals surface area contributed by atoms with Gasteiger partial charge < -0.3 is 5.11 Å². The molecule has 1 heterocycles. The zero-order valence-corrected chi connectivity index (χ0v) is 8.97. The molecule has 3 nitrogen and oxygen atoms in total. The van der Waals surface area contributed by atoms with Crippen LogP contribution >= 0.6 is 0 Å². The molecule has 1 aromatic rings. The van der Waals surface area contributed by atoms with Gasteiger partial charge in [0.25, 0.3) is 0 Å². The number of hydrogen-bond acceptors (Lipinski definition) is 3. The van der Waals surface area contributed by atoms with E-state index < -0.39 is 0 Å². The number of nitrogens with zero attached hydrogens (tertiary/aromatic N) is 2. The fourth-order valence-electron chi connectivity index (χ4n) is 2.00. The van der Waals surface area contributed by atoms with Gasteiger partial charge in [0, 0.05) is 26.2 Å². The van der Waals surface area contributed by atoms with Gasteiger partial charge in [-0.15, -0.1) is 0 Å². The zero-order valence-electron chi connectivity index (χ0n) is 8.97. The van der Waals surface area contributed by atoms with Gasteiger partial charge in [0.1, 0.15) is 0 Å². The quantitative estimate of drug-likeness (QED) is 0.787. The first-order chi connectivity index (χ1) is 7.38. The molecule has 0 amide bonds. The van der Waals surface area contributed by atoms with Gasteiger partial charge in [-0.2, -0.15) is 0 Å². The molecule has 2 rings (SSSR count). The van der Waals surface area contributed by atoms with Gasteiger partial charge in [-0.25, -0.2) is 0 Å². The van der Waals surface area contributed by atoms with E-state index in [0.717, 1.165) is 32.8 Å². The topological polar surface area (TPSA) is 26.7 Å². The van der Waals surface area contributed by atoms with Crippen molar-refractivity contribution in [2.45, 2.75) is 6.54 Å². The summed E-state index contributed by atoms with van der Waals surface area (Å²) in [5.74, 6) is 0. The van der Waals surface area contributed by atoms with E-state index >= 15 is 0 Å². The largest absolute Gasteiger partial charge is 0.395 e. The molecule has 0 radical (unpaired) electrons. The molecular formula is C12H18N2O. The van der Waals surface area contributed by atoms with Crippen molar-refractivity contribution in [3.05, 3.63) is 35.9 Å². The van der Waals surface area contributed by atoms with Gasteiger partial charge in [0.2, 0.25) is 0 Å². The van der Waals surface area contributed by atoms with Crippen LogP contribution in [0, 0.1) is 0 Å². The maximum absolute atomic E-state index is 8.84. The zero-order chi connectivity index (χ0) is 10.5. The Morgan fingerprint density at radius 3 is 2.53 bits per heavy atom. The maximum atomic E-state index is 8.84. The Labute approximate surface area is 90.9 Å². The van der Waals surface area contributed by atoms with Crippen molar-refractivity contribution < 1.29 is 5.11 Å². The van der Waals surface area contributed by atoms with Crippen LogP contribution in [0.3, 0.4) is 0 Å². The standard InChI is InChI=1S/C12H18N2O/c15-9-8-13-6-7-14(11-13)10-12-4-2-1-3-5-12/h1-5,15H,6-11H2. The third-order valence-corrected chi connectivity index (χ3v) is 2.80. The lowest BCUT2D eigenvalue weighted by atomic mass is 10.2. The van der Waals surface area contributed by atoms with Crippen molar-refractivity contribution in [1.29, 1.82) is 0 Å². The Morgan fingerprint density at radius 2 is 1.80 bits per heavy atom. The van der Waals surface area contributed by atoms with Crippen molar-refractivity contribution in [2.75, 3.05) is 32.9 Å². The number of β-amino-alcohol motifs (C(OH)–C–C–N with tert-alkyl or cyclic N) is 1. The summed E-state index contributed by atoms with van der Waals surface area (Å²) in [5, 5.41) is 8.84. The summed E-state index contributed by atoms with van der Waals surface area (Å²) < 4.78 is 0. The first-order valence-electron chi connectivity index (χ1n) is 5.48. The SMILES string of the molecule is OCCN1CCN(Cc2ccccc2)C1. The molecule has 0 unspecified atom stereocenters. The smallest absolute Gasteiger partial charge is 0.0558 e. The lowest BCUT2D eigenvalue weighted by Crippen LogP contribution is -2.27. The van der Waals surface area contributed by atoms with E-state index in [1.165, 1.54) is 5.56 Å². The predicted octanol–water partition coefficient (Wildman–Crippen LogP) is 0.754. The molecule has 1 saturated heterocycles. The first-order valence-corrected chi connectivity index (χ1v) is 5.48. The van der Waals surface area contributed by atoms with Crippen LogP contribution in [0.5, 0.6) is 0 Å². The fourth-order valence-corrected chi connectivity index (χ4v) is 2.00. The lowest BCUT2D eigenvalue weighted by Gasteiger charge is -2.17. The summed E-state index contributed by atoms with van der Waals surface area (Å²) in [6.45, 7) is 5.24. The minimum absolute atomic E-state index is 0.263. The molecule has 1 aromatic carbocycles. The highest BCUT2D eigenvalue weighted by Gasteiger charge is 2.18. The van der Waals surface area contributed by atoms with Crippen molar-refractivity contribution in [1.82, 2.24) is 9.80 Å². The van der Waals surface area contributed by atoms with Gasteiger partial charge in [0.15, 0.2) is 0 Å². The van der Waals surface area contributed by atoms with Crippen LogP contribution < -0.4 is 0 Å². The third-order valence-electron chi connectivity index (χ3n) is 2.80. The van der Waals surface area contributed by atoms with E-state index in [2.05, 4.69) is 34.1 Å². The van der Waals surface area contributed by atoms with Gasteiger partial charge in [-0.05, 0) is 5.56 Å². The Kier molecular flexibility index (Phi) is 3.72. The average molecular weight is 206 g/mol. The minimum atomic E-state index is 0.263. The van der Waals surface area contributed by atoms with Crippen molar-refractivity contribution in [3.63, 3.8) is 0 Å². The Bertz CT molecular complexity index is 289. The molecule has 15 heavy (non-hydrogen) atoms. The molecule has 0 bridgehead atoms. The monoisotopic (exact) mass is 206 g/mol. The molecule has 0 aromatic heterocycles. The second kappa shape index (κ2) is 5.26. The predicted molar refractivity (Wildman–Crippen MR) is 60.4 cm³/mol. The van der Waals surface area contributed by atoms with Crippen molar-refractivity contribution in [3.8, 4) is 0 Å². The molecule has 3 heteroatoms. The van der Waals surface area contributed by atoms with Crippen LogP contribution in [0.4, 0.5) is 0 Å². The second-order valence-electron chi connectivity index (χ2n) is 4.02. The summed E-state index contributed by atoms with van der Waals surface area (Å²) in [5.41, 5.74) is 1.36. The van der Waals surface area contributed by atoms with E-state index in [1.54, 1.807) is 0 Å². The van der Waals surface area contributed by atoms with E-state index in [0.29, 0.717) is 0 Å². The summed E-state index contributed by atoms with van der Waals surface area (Å²) in [4.78, 5) is 4.69. The van der Waals surface area contributed by atoms with Crippen LogP contribution in [0.2, 0.25) is 0 Å². The highest BCUT2D eigenvalue weighted by atomic mass is 16.3. The lowest BCUT2D eigenvalue weighted by molar-refractivity contribution is 0.190. The van der Waals surface area contributed by atoms with E-state index in [4.69, 9.17) is 5.11 Å². The van der Waals surface area contributed by atoms with Gasteiger partial charge in [-0.3, -0.25) is 9.80 Å². The molecule has 1 aliphatic rings. The van der Waals surface area contributed by atoms with Crippen LogP contribution in [-0.4, -0.2) is 47.8 Å². The van der Waals surface area contributed by atoms with Crippen molar-refractivity contribution in [2.24, 2.45) is 0 Å². The average Bonchev–Trinajstić information content (AvgIpc) is 2.68. The van der Waals surface area contributed by atoms with Crippen LogP contribution in [0.15, 0.2) is 30.3 Å². The van der Waals surface area contributed by atoms with Gasteiger partial charge in [0.05, 0.1) is 13.3 Å². The maximum Gasteiger partial charge on any atom is 0.0558 e. The first kappa shape index (κ1) is 10.6. The normalized spacial score (nSPS) is 18.5. The Morgan fingerprint density at radius 1 is 1.07 bits per heavy atom. The molecule has 0 spiro atoms. The molecule has 1 N–H and O–H groups in total. The van der Waals surface area contributed by atoms with Crippen molar-refractivity contribution >= 4 is 0 Å². The number of rotatable bonds is 4. The van der Waals surface area contributed by atoms with E-state index in [-0.39, 0.29) is 6.61 Å². The molecule has 82 valence electrons. The van der Waals surface area contributed by atoms with Gasteiger partial charge in [-0.1, -0.05) is 30.3 Å². The molecule has 1 fully saturated rings. The number of benzene rings is 1. The Balaban J connectivity index is 1.82. The highest BCUT2D eigenvalue weighted by Crippen LogP contribution is 2.09. The molecule has 1 aliphatic heterocycles. The van der Waals surface area contributed by atoms with Gasteiger partial charge >= 0.3 is 0 Å². The van der Waals surface area contributed by atoms with E-state index in [1.807, 2.05) is 6.07 Å². The highest BCUT2D eigenvalue weighted by molar-refractivity contribution is 5.14. The summed E-state index contributed by atoms with van der Waals surface area (Å²) in [6, 6.07) is 10.5. The molecular weight excluding hydrogens is 188 g/mol. The summed E-state index contributed by atoms with van der Waals surface area (Å²) in [6.07, 6.45) is 0. The van der Waals surface area contributed by atoms with E-state index in [9.17, 15) is 0 Å².